The lowest BCUT2D eigenvalue weighted by Crippen LogP contribution is -2.03. The van der Waals surface area contributed by atoms with Gasteiger partial charge in [0.1, 0.15) is 5.82 Å². The third-order valence-electron chi connectivity index (χ3n) is 6.17. The molecule has 5 rings (SSSR count). The van der Waals surface area contributed by atoms with Crippen LogP contribution in [0, 0.1) is 10.1 Å². The Balaban J connectivity index is 1.41. The highest BCUT2D eigenvalue weighted by Gasteiger charge is 2.21. The summed E-state index contributed by atoms with van der Waals surface area (Å²) in [4.78, 5) is 12.1. The lowest BCUT2D eigenvalue weighted by molar-refractivity contribution is -0.387. The van der Waals surface area contributed by atoms with Gasteiger partial charge in [0.05, 0.1) is 15.6 Å². The van der Waals surface area contributed by atoms with Crippen molar-refractivity contribution in [2.45, 2.75) is 34.4 Å². The van der Waals surface area contributed by atoms with Crippen molar-refractivity contribution in [1.29, 1.82) is 0 Å². The zero-order valence-corrected chi connectivity index (χ0v) is 22.3. The highest BCUT2D eigenvalue weighted by Crippen LogP contribution is 2.37. The predicted molar refractivity (Wildman–Crippen MR) is 155 cm³/mol. The van der Waals surface area contributed by atoms with Crippen molar-refractivity contribution in [3.63, 3.8) is 0 Å². The fraction of sp³-hybridized carbons (Fsp3) is 0.172. The molecular formula is C29H27N5O2S2. The quantitative estimate of drug-likeness (QED) is 0.145. The summed E-state index contributed by atoms with van der Waals surface area (Å²) in [6, 6.07) is 30.0. The largest absolute Gasteiger partial charge is 0.330 e. The number of benzene rings is 4. The molecule has 0 spiro atoms. The van der Waals surface area contributed by atoms with Crippen molar-refractivity contribution in [2.75, 3.05) is 6.54 Å². The molecular weight excluding hydrogens is 514 g/mol. The monoisotopic (exact) mass is 541 g/mol. The zero-order valence-electron chi connectivity index (χ0n) is 20.7. The van der Waals surface area contributed by atoms with E-state index in [9.17, 15) is 10.1 Å². The lowest BCUT2D eigenvalue weighted by atomic mass is 10.1. The molecule has 192 valence electrons. The summed E-state index contributed by atoms with van der Waals surface area (Å²) in [7, 11) is 0. The number of nitrogens with two attached hydrogens (primary N) is 1. The van der Waals surface area contributed by atoms with Crippen LogP contribution in [0.4, 0.5) is 5.69 Å². The first-order valence-corrected chi connectivity index (χ1v) is 14.3. The van der Waals surface area contributed by atoms with E-state index in [-0.39, 0.29) is 10.6 Å². The fourth-order valence-electron chi connectivity index (χ4n) is 4.32. The number of hydrogen-bond acceptors (Lipinski definition) is 7. The second kappa shape index (κ2) is 12.3. The zero-order chi connectivity index (χ0) is 26.3. The normalized spacial score (nSPS) is 11.2. The molecule has 4 aromatic carbocycles. The molecule has 0 fully saturated rings. The van der Waals surface area contributed by atoms with E-state index < -0.39 is 0 Å². The molecule has 5 aromatic rings. The van der Waals surface area contributed by atoms with Gasteiger partial charge in [-0.3, -0.25) is 14.7 Å². The van der Waals surface area contributed by atoms with Crippen LogP contribution >= 0.6 is 23.5 Å². The highest BCUT2D eigenvalue weighted by atomic mass is 32.2. The number of thioether (sulfide) groups is 1. The number of fused-ring (bicyclic) bond motifs is 1. The molecule has 0 aliphatic carbocycles. The molecule has 0 unspecified atom stereocenters. The van der Waals surface area contributed by atoms with Crippen LogP contribution in [0.2, 0.25) is 0 Å². The second-order valence-electron chi connectivity index (χ2n) is 8.75. The van der Waals surface area contributed by atoms with E-state index in [0.29, 0.717) is 28.8 Å². The van der Waals surface area contributed by atoms with Crippen molar-refractivity contribution in [2.24, 2.45) is 5.73 Å². The molecule has 0 radical (unpaired) electrons. The number of aryl methyl sites for hydroxylation is 1. The van der Waals surface area contributed by atoms with Crippen molar-refractivity contribution in [1.82, 2.24) is 14.8 Å². The molecule has 0 amide bonds. The Morgan fingerprint density at radius 3 is 2.50 bits per heavy atom. The number of nitro groups is 1. The Bertz CT molecular complexity index is 1550. The van der Waals surface area contributed by atoms with Crippen LogP contribution < -0.4 is 5.73 Å². The summed E-state index contributed by atoms with van der Waals surface area (Å²) in [6.45, 7) is 0.547. The van der Waals surface area contributed by atoms with Crippen LogP contribution in [0.15, 0.2) is 101 Å². The Hall–Kier alpha value is -3.66. The molecule has 2 N–H and O–H groups in total. The molecule has 0 bridgehead atoms. The van der Waals surface area contributed by atoms with E-state index in [1.165, 1.54) is 28.1 Å². The Morgan fingerprint density at radius 1 is 0.895 bits per heavy atom. The van der Waals surface area contributed by atoms with Crippen LogP contribution in [-0.4, -0.2) is 26.2 Å². The first-order valence-electron chi connectivity index (χ1n) is 12.3. The maximum absolute atomic E-state index is 11.9. The minimum Gasteiger partial charge on any atom is -0.330 e. The van der Waals surface area contributed by atoms with Gasteiger partial charge in [0.2, 0.25) is 5.16 Å². The van der Waals surface area contributed by atoms with Gasteiger partial charge in [0.25, 0.3) is 5.69 Å². The summed E-state index contributed by atoms with van der Waals surface area (Å²) in [5.74, 6) is 2.28. The third-order valence-corrected chi connectivity index (χ3v) is 8.16. The number of nitro benzene ring substituents is 1. The van der Waals surface area contributed by atoms with Crippen LogP contribution in [0.3, 0.4) is 0 Å². The molecule has 9 heteroatoms. The van der Waals surface area contributed by atoms with Crippen LogP contribution in [0.1, 0.15) is 23.4 Å². The van der Waals surface area contributed by atoms with Gasteiger partial charge in [0.15, 0.2) is 0 Å². The highest BCUT2D eigenvalue weighted by molar-refractivity contribution is 7.99. The summed E-state index contributed by atoms with van der Waals surface area (Å²) >= 11 is 3.03. The van der Waals surface area contributed by atoms with Gasteiger partial charge in [-0.2, -0.15) is 0 Å². The molecule has 1 aromatic heterocycles. The molecule has 7 nitrogen and oxygen atoms in total. The van der Waals surface area contributed by atoms with Crippen molar-refractivity contribution >= 4 is 40.0 Å². The third kappa shape index (κ3) is 5.91. The smallest absolute Gasteiger partial charge is 0.283 e. The number of para-hydroxylation sites is 1. The van der Waals surface area contributed by atoms with Gasteiger partial charge in [-0.05, 0) is 71.2 Å². The van der Waals surface area contributed by atoms with E-state index in [4.69, 9.17) is 5.73 Å². The van der Waals surface area contributed by atoms with E-state index in [1.54, 1.807) is 23.9 Å². The van der Waals surface area contributed by atoms with Gasteiger partial charge in [-0.25, -0.2) is 0 Å². The first-order chi connectivity index (χ1) is 18.6. The van der Waals surface area contributed by atoms with Crippen LogP contribution in [0.25, 0.3) is 16.5 Å². The molecule has 0 saturated carbocycles. The summed E-state index contributed by atoms with van der Waals surface area (Å²) in [6.07, 6.45) is 1.49. The van der Waals surface area contributed by atoms with Crippen molar-refractivity contribution in [3.05, 3.63) is 118 Å². The molecule has 1 heterocycles. The summed E-state index contributed by atoms with van der Waals surface area (Å²) in [5.41, 5.74) is 8.78. The number of aromatic nitrogens is 3. The van der Waals surface area contributed by atoms with E-state index >= 15 is 0 Å². The predicted octanol–water partition coefficient (Wildman–Crippen LogP) is 6.80. The van der Waals surface area contributed by atoms with Crippen LogP contribution in [-0.2, 0) is 17.9 Å². The minimum atomic E-state index is -0.335. The SMILES string of the molecule is NCCCc1ccc(Sc2nnc(CSCc3cccc4ccccc34)n2-c2ccccc2)c([N+](=O)[O-])c1. The van der Waals surface area contributed by atoms with Crippen LogP contribution in [0.5, 0.6) is 0 Å². The Kier molecular flexibility index (Phi) is 8.37. The summed E-state index contributed by atoms with van der Waals surface area (Å²) in [5, 5.41) is 23.9. The van der Waals surface area contributed by atoms with E-state index in [0.717, 1.165) is 29.2 Å². The molecule has 0 aliphatic heterocycles. The topological polar surface area (TPSA) is 99.9 Å². The average Bonchev–Trinajstić information content (AvgIpc) is 3.35. The van der Waals surface area contributed by atoms with Gasteiger partial charge in [0, 0.05) is 17.5 Å². The molecule has 0 saturated heterocycles. The molecule has 0 aliphatic rings. The van der Waals surface area contributed by atoms with Crippen molar-refractivity contribution < 1.29 is 4.92 Å². The van der Waals surface area contributed by atoms with Gasteiger partial charge in [-0.15, -0.1) is 22.0 Å². The number of nitrogens with zero attached hydrogens (tertiary/aromatic N) is 4. The second-order valence-corrected chi connectivity index (χ2v) is 10.7. The van der Waals surface area contributed by atoms with Gasteiger partial charge in [-0.1, -0.05) is 66.7 Å². The maximum atomic E-state index is 11.9. The van der Waals surface area contributed by atoms with Gasteiger partial charge >= 0.3 is 0 Å². The first kappa shape index (κ1) is 26.0. The molecule has 38 heavy (non-hydrogen) atoms. The number of hydrogen-bond donors (Lipinski definition) is 1. The lowest BCUT2D eigenvalue weighted by Gasteiger charge is -2.11. The average molecular weight is 542 g/mol. The van der Waals surface area contributed by atoms with Gasteiger partial charge < -0.3 is 5.73 Å². The van der Waals surface area contributed by atoms with E-state index in [1.807, 2.05) is 41.0 Å². The standard InChI is InChI=1S/C29H27N5O2S2/c30-17-7-8-21-15-16-27(26(18-21)34(35)36)38-29-32-31-28(33(29)24-12-2-1-3-13-24)20-37-19-23-11-6-10-22-9-4-5-14-25(22)23/h1-6,9-16,18H,7-8,17,19-20,30H2. The summed E-state index contributed by atoms with van der Waals surface area (Å²) < 4.78 is 1.99. The van der Waals surface area contributed by atoms with E-state index in [2.05, 4.69) is 52.7 Å². The fourth-order valence-corrected chi connectivity index (χ4v) is 6.22. The maximum Gasteiger partial charge on any atom is 0.283 e. The Morgan fingerprint density at radius 2 is 1.68 bits per heavy atom. The molecule has 0 atom stereocenters. The Labute approximate surface area is 229 Å². The minimum absolute atomic E-state index is 0.0685. The van der Waals surface area contributed by atoms with Crippen molar-refractivity contribution in [3.8, 4) is 5.69 Å². The number of rotatable bonds is 11.